The van der Waals surface area contributed by atoms with Gasteiger partial charge in [-0.05, 0) is 61.8 Å². The molecule has 5 rings (SSSR count). The fourth-order valence-electron chi connectivity index (χ4n) is 6.63. The molecule has 2 saturated heterocycles. The van der Waals surface area contributed by atoms with Gasteiger partial charge < -0.3 is 28.5 Å². The van der Waals surface area contributed by atoms with Gasteiger partial charge in [0.15, 0.2) is 5.60 Å². The van der Waals surface area contributed by atoms with Gasteiger partial charge in [-0.25, -0.2) is 0 Å². The summed E-state index contributed by atoms with van der Waals surface area (Å²) >= 11 is 0. The van der Waals surface area contributed by atoms with Crippen molar-refractivity contribution in [2.45, 2.75) is 63.1 Å². The fraction of sp³-hybridized carbons (Fsp3) is 0.500. The molecule has 0 aromatic heterocycles. The molecule has 9 heteroatoms. The SMILES string of the molecule is COc1ccc2c(c1)[C@]1(O[C@@H](CCO)[C@H]([Si](C)(C)F)[C@H]1C)C(=O)N2Cc1cccc(N2CCCC2=O)c1. The van der Waals surface area contributed by atoms with Crippen LogP contribution in [0, 0.1) is 5.92 Å². The number of benzene rings is 2. The number of amides is 2. The van der Waals surface area contributed by atoms with Gasteiger partial charge in [0.05, 0.1) is 25.4 Å². The lowest BCUT2D eigenvalue weighted by Crippen LogP contribution is -2.45. The number of carbonyl (C=O) groups is 2. The van der Waals surface area contributed by atoms with E-state index in [0.29, 0.717) is 30.0 Å². The summed E-state index contributed by atoms with van der Waals surface area (Å²) in [5.74, 6) is 0.0530. The summed E-state index contributed by atoms with van der Waals surface area (Å²) in [5.41, 5.74) is 1.30. The zero-order valence-electron chi connectivity index (χ0n) is 21.9. The number of aliphatic hydroxyl groups excluding tert-OH is 1. The standard InChI is InChI=1S/C28H35FN2O5Si/c1-18-26(37(3,4)29)24(12-14-32)36-28(18)22-16-21(35-2)10-11-23(22)31(27(28)34)17-19-7-5-8-20(15-19)30-13-6-9-25(30)33/h5,7-8,10-11,15-16,18,24,26,32H,6,9,12-14,17H2,1-4H3/t18-,24+,26-,28+/m1/s1. The van der Waals surface area contributed by atoms with E-state index in [4.69, 9.17) is 9.47 Å². The summed E-state index contributed by atoms with van der Waals surface area (Å²) in [6.07, 6.45) is 1.10. The van der Waals surface area contributed by atoms with Crippen LogP contribution in [0.3, 0.4) is 0 Å². The van der Waals surface area contributed by atoms with Crippen molar-refractivity contribution < 1.29 is 28.3 Å². The minimum Gasteiger partial charge on any atom is -0.497 e. The zero-order valence-corrected chi connectivity index (χ0v) is 22.9. The van der Waals surface area contributed by atoms with E-state index in [1.54, 1.807) is 30.0 Å². The van der Waals surface area contributed by atoms with Crippen LogP contribution in [0.5, 0.6) is 5.75 Å². The summed E-state index contributed by atoms with van der Waals surface area (Å²) in [6, 6.07) is 13.2. The average Bonchev–Trinajstić information content (AvgIpc) is 3.49. The van der Waals surface area contributed by atoms with Crippen LogP contribution >= 0.6 is 0 Å². The van der Waals surface area contributed by atoms with E-state index in [1.165, 1.54) is 0 Å². The Bertz CT molecular complexity index is 1220. The Hall–Kier alpha value is -2.75. The number of rotatable bonds is 7. The number of halogens is 1. The molecule has 4 atom stereocenters. The third kappa shape index (κ3) is 4.17. The highest BCUT2D eigenvalue weighted by molar-refractivity contribution is 6.72. The van der Waals surface area contributed by atoms with Gasteiger partial charge in [0.25, 0.3) is 5.91 Å². The lowest BCUT2D eigenvalue weighted by Gasteiger charge is -2.31. The Labute approximate surface area is 218 Å². The quantitative estimate of drug-likeness (QED) is 0.424. The van der Waals surface area contributed by atoms with Crippen molar-refractivity contribution >= 4 is 31.6 Å². The molecule has 0 saturated carbocycles. The number of carbonyl (C=O) groups excluding carboxylic acids is 2. The van der Waals surface area contributed by atoms with E-state index in [-0.39, 0.29) is 31.4 Å². The van der Waals surface area contributed by atoms with Crippen LogP contribution in [0.25, 0.3) is 0 Å². The number of hydrogen-bond acceptors (Lipinski definition) is 5. The number of nitrogens with zero attached hydrogens (tertiary/aromatic N) is 2. The molecule has 1 spiro atoms. The molecule has 37 heavy (non-hydrogen) atoms. The van der Waals surface area contributed by atoms with Crippen LogP contribution in [0.1, 0.15) is 37.3 Å². The van der Waals surface area contributed by atoms with E-state index < -0.39 is 31.6 Å². The summed E-state index contributed by atoms with van der Waals surface area (Å²) in [4.78, 5) is 30.1. The lowest BCUT2D eigenvalue weighted by molar-refractivity contribution is -0.146. The smallest absolute Gasteiger partial charge is 0.264 e. The molecule has 0 unspecified atom stereocenters. The van der Waals surface area contributed by atoms with Crippen molar-refractivity contribution in [3.63, 3.8) is 0 Å². The second-order valence-electron chi connectivity index (χ2n) is 10.9. The van der Waals surface area contributed by atoms with E-state index >= 15 is 4.11 Å². The lowest BCUT2D eigenvalue weighted by atomic mass is 9.82. The van der Waals surface area contributed by atoms with Gasteiger partial charge in [-0.2, -0.15) is 0 Å². The molecule has 3 heterocycles. The van der Waals surface area contributed by atoms with E-state index in [0.717, 1.165) is 17.7 Å². The van der Waals surface area contributed by atoms with Crippen molar-refractivity contribution in [1.82, 2.24) is 0 Å². The number of methoxy groups -OCH3 is 1. The summed E-state index contributed by atoms with van der Waals surface area (Å²) in [5, 5.41) is 9.72. The number of aliphatic hydroxyl groups is 1. The molecule has 2 fully saturated rings. The van der Waals surface area contributed by atoms with Gasteiger partial charge in [-0.3, -0.25) is 9.59 Å². The van der Waals surface area contributed by atoms with Gasteiger partial charge >= 0.3 is 0 Å². The molecule has 2 aromatic rings. The maximum atomic E-state index is 15.7. The Kier molecular flexibility index (Phi) is 6.66. The van der Waals surface area contributed by atoms with Gasteiger partial charge in [0.2, 0.25) is 14.3 Å². The molecule has 0 bridgehead atoms. The summed E-state index contributed by atoms with van der Waals surface area (Å²) in [6.45, 7) is 6.04. The fourth-order valence-corrected chi connectivity index (χ4v) is 9.18. The van der Waals surface area contributed by atoms with E-state index in [9.17, 15) is 14.7 Å². The molecular formula is C28H35FN2O5Si. The van der Waals surface area contributed by atoms with Crippen LogP contribution < -0.4 is 14.5 Å². The molecule has 3 aliphatic heterocycles. The Morgan fingerprint density at radius 3 is 2.65 bits per heavy atom. The van der Waals surface area contributed by atoms with Crippen molar-refractivity contribution in [1.29, 1.82) is 0 Å². The third-order valence-corrected chi connectivity index (χ3v) is 10.7. The van der Waals surface area contributed by atoms with Gasteiger partial charge in [0, 0.05) is 42.3 Å². The molecule has 198 valence electrons. The second kappa shape index (κ2) is 9.52. The summed E-state index contributed by atoms with van der Waals surface area (Å²) < 4.78 is 27.7. The van der Waals surface area contributed by atoms with Crippen LogP contribution in [0.4, 0.5) is 15.5 Å². The molecule has 2 aromatic carbocycles. The van der Waals surface area contributed by atoms with Crippen LogP contribution in [-0.2, 0) is 26.5 Å². The van der Waals surface area contributed by atoms with Gasteiger partial charge in [0.1, 0.15) is 5.75 Å². The molecule has 3 aliphatic rings. The molecule has 1 N–H and O–H groups in total. The van der Waals surface area contributed by atoms with Crippen molar-refractivity contribution in [2.75, 3.05) is 30.1 Å². The highest BCUT2D eigenvalue weighted by Crippen LogP contribution is 2.60. The van der Waals surface area contributed by atoms with Gasteiger partial charge in [-0.1, -0.05) is 19.1 Å². The first-order valence-electron chi connectivity index (χ1n) is 13.0. The minimum absolute atomic E-state index is 0.109. The second-order valence-corrected chi connectivity index (χ2v) is 14.7. The average molecular weight is 527 g/mol. The van der Waals surface area contributed by atoms with Gasteiger partial charge in [-0.15, -0.1) is 0 Å². The number of anilines is 2. The van der Waals surface area contributed by atoms with E-state index in [2.05, 4.69) is 0 Å². The maximum Gasteiger partial charge on any atom is 0.264 e. The first-order valence-corrected chi connectivity index (χ1v) is 15.9. The van der Waals surface area contributed by atoms with Crippen LogP contribution in [0.15, 0.2) is 42.5 Å². The monoisotopic (exact) mass is 526 g/mol. The Morgan fingerprint density at radius 1 is 1.22 bits per heavy atom. The van der Waals surface area contributed by atoms with Crippen molar-refractivity contribution in [3.8, 4) is 5.75 Å². The molecule has 0 aliphatic carbocycles. The molecule has 2 amide bonds. The highest BCUT2D eigenvalue weighted by Gasteiger charge is 2.66. The predicted octanol–water partition coefficient (Wildman–Crippen LogP) is 4.53. The topological polar surface area (TPSA) is 79.3 Å². The van der Waals surface area contributed by atoms with Crippen molar-refractivity contribution in [2.24, 2.45) is 5.92 Å². The molecular weight excluding hydrogens is 491 g/mol. The molecule has 0 radical (unpaired) electrons. The minimum atomic E-state index is -3.25. The first kappa shape index (κ1) is 25.9. The predicted molar refractivity (Wildman–Crippen MR) is 142 cm³/mol. The highest BCUT2D eigenvalue weighted by atomic mass is 28.4. The van der Waals surface area contributed by atoms with Crippen LogP contribution in [0.2, 0.25) is 18.6 Å². The third-order valence-electron chi connectivity index (χ3n) is 8.22. The number of fused-ring (bicyclic) bond motifs is 2. The molecule has 7 nitrogen and oxygen atoms in total. The number of hydrogen-bond donors (Lipinski definition) is 1. The summed E-state index contributed by atoms with van der Waals surface area (Å²) in [7, 11) is -1.68. The Morgan fingerprint density at radius 2 is 2.00 bits per heavy atom. The number of ether oxygens (including phenoxy) is 2. The largest absolute Gasteiger partial charge is 0.497 e. The normalized spacial score (nSPS) is 27.5. The maximum absolute atomic E-state index is 15.7. The zero-order chi connectivity index (χ0) is 26.5. The Balaban J connectivity index is 1.56. The van der Waals surface area contributed by atoms with E-state index in [1.807, 2.05) is 49.4 Å². The first-order chi connectivity index (χ1) is 17.6. The van der Waals surface area contributed by atoms with Crippen LogP contribution in [-0.4, -0.2) is 51.7 Å². The van der Waals surface area contributed by atoms with Crippen molar-refractivity contribution in [3.05, 3.63) is 53.6 Å².